The van der Waals surface area contributed by atoms with Crippen LogP contribution in [0.25, 0.3) is 0 Å². The van der Waals surface area contributed by atoms with Gasteiger partial charge in [0.25, 0.3) is 5.22 Å². The maximum absolute atomic E-state index is 5.15. The van der Waals surface area contributed by atoms with E-state index in [0.717, 1.165) is 17.9 Å². The minimum Gasteiger partial charge on any atom is -0.416 e. The van der Waals surface area contributed by atoms with Gasteiger partial charge in [-0.1, -0.05) is 11.8 Å². The Balaban J connectivity index is 2.27. The Kier molecular flexibility index (Phi) is 3.79. The van der Waals surface area contributed by atoms with Gasteiger partial charge in [-0.25, -0.2) is 0 Å². The second kappa shape index (κ2) is 4.66. The van der Waals surface area contributed by atoms with Gasteiger partial charge < -0.3 is 4.42 Å². The van der Waals surface area contributed by atoms with E-state index in [1.54, 1.807) is 18.7 Å². The van der Waals surface area contributed by atoms with Crippen molar-refractivity contribution in [2.75, 3.05) is 11.5 Å². The molecule has 62 valence electrons. The molecule has 0 amide bonds. The van der Waals surface area contributed by atoms with Crippen LogP contribution in [0.15, 0.2) is 9.64 Å². The van der Waals surface area contributed by atoms with Crippen LogP contribution >= 0.6 is 24.4 Å². The highest BCUT2D eigenvalue weighted by atomic mass is 32.2. The van der Waals surface area contributed by atoms with E-state index < -0.39 is 0 Å². The van der Waals surface area contributed by atoms with Crippen LogP contribution in [-0.2, 0) is 0 Å². The Hall–Kier alpha value is -0.160. The van der Waals surface area contributed by atoms with Crippen molar-refractivity contribution in [3.63, 3.8) is 0 Å². The van der Waals surface area contributed by atoms with E-state index in [4.69, 9.17) is 4.42 Å². The lowest BCUT2D eigenvalue weighted by atomic mass is 10.6. The molecule has 1 aromatic heterocycles. The molecule has 11 heavy (non-hydrogen) atoms. The first-order chi connectivity index (χ1) is 5.33. The molecular formula is C6H10N2OS2. The van der Waals surface area contributed by atoms with Crippen molar-refractivity contribution < 1.29 is 4.42 Å². The molecule has 0 spiro atoms. The van der Waals surface area contributed by atoms with Crippen molar-refractivity contribution >= 4 is 24.4 Å². The topological polar surface area (TPSA) is 38.9 Å². The molecule has 0 unspecified atom stereocenters. The van der Waals surface area contributed by atoms with Gasteiger partial charge in [-0.15, -0.1) is 10.2 Å². The van der Waals surface area contributed by atoms with Crippen molar-refractivity contribution in [2.45, 2.75) is 18.6 Å². The molecule has 0 aliphatic carbocycles. The Morgan fingerprint density at radius 3 is 2.91 bits per heavy atom. The normalized spacial score (nSPS) is 10.4. The van der Waals surface area contributed by atoms with Crippen LogP contribution in [-0.4, -0.2) is 21.7 Å². The highest BCUT2D eigenvalue weighted by Crippen LogP contribution is 2.16. The lowest BCUT2D eigenvalue weighted by molar-refractivity contribution is 0.429. The largest absolute Gasteiger partial charge is 0.416 e. The lowest BCUT2D eigenvalue weighted by Crippen LogP contribution is -1.80. The number of thiol groups is 1. The van der Waals surface area contributed by atoms with E-state index >= 15 is 0 Å². The Labute approximate surface area is 75.4 Å². The maximum Gasteiger partial charge on any atom is 0.276 e. The van der Waals surface area contributed by atoms with Crippen LogP contribution < -0.4 is 0 Å². The summed E-state index contributed by atoms with van der Waals surface area (Å²) in [5, 5.41) is 8.20. The molecule has 0 aliphatic heterocycles. The van der Waals surface area contributed by atoms with Crippen LogP contribution in [0.4, 0.5) is 0 Å². The average molecular weight is 190 g/mol. The number of aromatic nitrogens is 2. The summed E-state index contributed by atoms with van der Waals surface area (Å²) in [5.74, 6) is 2.52. The number of nitrogens with zero attached hydrogens (tertiary/aromatic N) is 2. The molecular weight excluding hydrogens is 180 g/mol. The van der Waals surface area contributed by atoms with Gasteiger partial charge in [-0.2, -0.15) is 12.6 Å². The zero-order valence-electron chi connectivity index (χ0n) is 6.28. The van der Waals surface area contributed by atoms with E-state index in [0.29, 0.717) is 11.1 Å². The SMILES string of the molecule is Cc1nnc(SCCCS)o1. The van der Waals surface area contributed by atoms with Crippen LogP contribution in [0, 0.1) is 6.92 Å². The third-order valence-corrected chi connectivity index (χ3v) is 2.26. The van der Waals surface area contributed by atoms with Gasteiger partial charge in [0.05, 0.1) is 0 Å². The van der Waals surface area contributed by atoms with Crippen molar-refractivity contribution in [3.8, 4) is 0 Å². The fourth-order valence-electron chi connectivity index (χ4n) is 0.561. The van der Waals surface area contributed by atoms with Gasteiger partial charge in [0.15, 0.2) is 0 Å². The first-order valence-electron chi connectivity index (χ1n) is 3.36. The first kappa shape index (κ1) is 8.93. The summed E-state index contributed by atoms with van der Waals surface area (Å²) in [5.41, 5.74) is 0. The molecule has 1 rings (SSSR count). The number of hydrogen-bond acceptors (Lipinski definition) is 5. The third-order valence-electron chi connectivity index (χ3n) is 1.04. The fraction of sp³-hybridized carbons (Fsp3) is 0.667. The second-order valence-electron chi connectivity index (χ2n) is 2.01. The summed E-state index contributed by atoms with van der Waals surface area (Å²) in [6.07, 6.45) is 1.06. The number of rotatable bonds is 4. The number of hydrogen-bond donors (Lipinski definition) is 1. The van der Waals surface area contributed by atoms with Crippen LogP contribution in [0.2, 0.25) is 0 Å². The van der Waals surface area contributed by atoms with Gasteiger partial charge in [0.2, 0.25) is 5.89 Å². The minimum atomic E-state index is 0.623. The van der Waals surface area contributed by atoms with Crippen molar-refractivity contribution in [1.82, 2.24) is 10.2 Å². The molecule has 0 radical (unpaired) electrons. The smallest absolute Gasteiger partial charge is 0.276 e. The summed E-state index contributed by atoms with van der Waals surface area (Å²) in [7, 11) is 0. The quantitative estimate of drug-likeness (QED) is 0.446. The van der Waals surface area contributed by atoms with Crippen molar-refractivity contribution in [3.05, 3.63) is 5.89 Å². The zero-order valence-corrected chi connectivity index (χ0v) is 7.99. The standard InChI is InChI=1S/C6H10N2OS2/c1-5-7-8-6(9-5)11-4-2-3-10/h10H,2-4H2,1H3. The molecule has 0 aliphatic rings. The number of aryl methyl sites for hydroxylation is 1. The van der Waals surface area contributed by atoms with E-state index in [1.165, 1.54) is 0 Å². The monoisotopic (exact) mass is 190 g/mol. The summed E-state index contributed by atoms with van der Waals surface area (Å²) in [4.78, 5) is 0. The average Bonchev–Trinajstić information content (AvgIpc) is 2.37. The van der Waals surface area contributed by atoms with Crippen LogP contribution in [0.3, 0.4) is 0 Å². The molecule has 0 fully saturated rings. The summed E-state index contributed by atoms with van der Waals surface area (Å²) >= 11 is 5.67. The van der Waals surface area contributed by atoms with Crippen LogP contribution in [0.5, 0.6) is 0 Å². The van der Waals surface area contributed by atoms with Crippen molar-refractivity contribution in [2.24, 2.45) is 0 Å². The molecule has 3 nitrogen and oxygen atoms in total. The highest BCUT2D eigenvalue weighted by Gasteiger charge is 2.00. The number of thioether (sulfide) groups is 1. The molecule has 0 atom stereocenters. The van der Waals surface area contributed by atoms with Crippen LogP contribution in [0.1, 0.15) is 12.3 Å². The van der Waals surface area contributed by atoms with E-state index in [9.17, 15) is 0 Å². The van der Waals surface area contributed by atoms with E-state index in [-0.39, 0.29) is 0 Å². The maximum atomic E-state index is 5.15. The van der Waals surface area contributed by atoms with Gasteiger partial charge in [0.1, 0.15) is 0 Å². The second-order valence-corrected chi connectivity index (χ2v) is 3.51. The Morgan fingerprint density at radius 1 is 1.55 bits per heavy atom. The molecule has 1 heterocycles. The molecule has 5 heteroatoms. The first-order valence-corrected chi connectivity index (χ1v) is 4.98. The van der Waals surface area contributed by atoms with Gasteiger partial charge in [-0.05, 0) is 12.2 Å². The summed E-state index contributed by atoms with van der Waals surface area (Å²) < 4.78 is 5.15. The Bertz CT molecular complexity index is 214. The zero-order chi connectivity index (χ0) is 8.10. The molecule has 0 saturated heterocycles. The molecule has 0 aromatic carbocycles. The Morgan fingerprint density at radius 2 is 2.36 bits per heavy atom. The molecule has 1 aromatic rings. The van der Waals surface area contributed by atoms with E-state index in [2.05, 4.69) is 22.8 Å². The predicted octanol–water partition coefficient (Wildman–Crippen LogP) is 1.79. The molecule has 0 saturated carbocycles. The molecule has 0 N–H and O–H groups in total. The van der Waals surface area contributed by atoms with Crippen molar-refractivity contribution in [1.29, 1.82) is 0 Å². The predicted molar refractivity (Wildman–Crippen MR) is 48.2 cm³/mol. The van der Waals surface area contributed by atoms with Gasteiger partial charge in [-0.3, -0.25) is 0 Å². The summed E-state index contributed by atoms with van der Waals surface area (Å²) in [6, 6.07) is 0. The lowest BCUT2D eigenvalue weighted by Gasteiger charge is -1.90. The minimum absolute atomic E-state index is 0.623. The highest BCUT2D eigenvalue weighted by molar-refractivity contribution is 7.99. The molecule has 0 bridgehead atoms. The van der Waals surface area contributed by atoms with E-state index in [1.807, 2.05) is 0 Å². The van der Waals surface area contributed by atoms with Gasteiger partial charge >= 0.3 is 0 Å². The summed E-state index contributed by atoms with van der Waals surface area (Å²) in [6.45, 7) is 1.79. The fourth-order valence-corrected chi connectivity index (χ4v) is 1.67. The third kappa shape index (κ3) is 3.16. The van der Waals surface area contributed by atoms with Gasteiger partial charge in [0, 0.05) is 12.7 Å².